The maximum Gasteiger partial charge on any atom is 0.257 e. The second kappa shape index (κ2) is 6.96. The molecule has 0 unspecified atom stereocenters. The first kappa shape index (κ1) is 12.8. The van der Waals surface area contributed by atoms with Gasteiger partial charge in [-0.3, -0.25) is 9.78 Å². The molecule has 1 N–H and O–H groups in total. The average Bonchev–Trinajstić information content (AvgIpc) is 2.91. The van der Waals surface area contributed by atoms with Crippen LogP contribution in [-0.4, -0.2) is 37.3 Å². The molecule has 18 heavy (non-hydrogen) atoms. The van der Waals surface area contributed by atoms with E-state index in [4.69, 9.17) is 9.47 Å². The van der Waals surface area contributed by atoms with Crippen LogP contribution in [0.25, 0.3) is 0 Å². The van der Waals surface area contributed by atoms with Crippen LogP contribution in [0.5, 0.6) is 5.75 Å². The molecule has 1 aromatic rings. The van der Waals surface area contributed by atoms with Crippen molar-refractivity contribution in [2.75, 3.05) is 26.4 Å². The number of amides is 1. The zero-order valence-corrected chi connectivity index (χ0v) is 10.3. The van der Waals surface area contributed by atoms with Gasteiger partial charge in [0.15, 0.2) is 6.61 Å². The van der Waals surface area contributed by atoms with Crippen LogP contribution in [0.4, 0.5) is 0 Å². The first-order valence-electron chi connectivity index (χ1n) is 6.22. The van der Waals surface area contributed by atoms with Crippen molar-refractivity contribution in [3.8, 4) is 5.75 Å². The lowest BCUT2D eigenvalue weighted by atomic mass is 10.1. The number of hydrogen-bond donors (Lipinski definition) is 1. The Balaban J connectivity index is 1.57. The molecule has 2 heterocycles. The SMILES string of the molecule is O=C(COc1cccnc1)NCC[C@H]1CCOC1. The Bertz CT molecular complexity index is 364. The van der Waals surface area contributed by atoms with Crippen molar-refractivity contribution in [1.29, 1.82) is 0 Å². The number of rotatable bonds is 6. The van der Waals surface area contributed by atoms with Gasteiger partial charge in [0.25, 0.3) is 5.91 Å². The van der Waals surface area contributed by atoms with E-state index in [-0.39, 0.29) is 12.5 Å². The van der Waals surface area contributed by atoms with Crippen molar-refractivity contribution in [3.63, 3.8) is 0 Å². The third-order valence-corrected chi connectivity index (χ3v) is 2.90. The van der Waals surface area contributed by atoms with Crippen molar-refractivity contribution in [3.05, 3.63) is 24.5 Å². The maximum absolute atomic E-state index is 11.5. The molecule has 0 bridgehead atoms. The summed E-state index contributed by atoms with van der Waals surface area (Å²) in [6, 6.07) is 3.55. The van der Waals surface area contributed by atoms with E-state index >= 15 is 0 Å². The molecular formula is C13H18N2O3. The lowest BCUT2D eigenvalue weighted by molar-refractivity contribution is -0.123. The fourth-order valence-electron chi connectivity index (χ4n) is 1.86. The van der Waals surface area contributed by atoms with Gasteiger partial charge in [-0.15, -0.1) is 0 Å². The van der Waals surface area contributed by atoms with Crippen molar-refractivity contribution in [2.45, 2.75) is 12.8 Å². The van der Waals surface area contributed by atoms with Gasteiger partial charge in [-0.2, -0.15) is 0 Å². The van der Waals surface area contributed by atoms with E-state index in [0.29, 0.717) is 18.2 Å². The van der Waals surface area contributed by atoms with E-state index < -0.39 is 0 Å². The maximum atomic E-state index is 11.5. The average molecular weight is 250 g/mol. The molecule has 1 aromatic heterocycles. The summed E-state index contributed by atoms with van der Waals surface area (Å²) in [5.74, 6) is 1.10. The van der Waals surface area contributed by atoms with Gasteiger partial charge in [-0.05, 0) is 30.9 Å². The first-order chi connectivity index (χ1) is 8.84. The molecule has 98 valence electrons. The van der Waals surface area contributed by atoms with Crippen molar-refractivity contribution in [1.82, 2.24) is 10.3 Å². The standard InChI is InChI=1S/C13H18N2O3/c16-13(10-18-12-2-1-5-14-8-12)15-6-3-11-4-7-17-9-11/h1-2,5,8,11H,3-4,6-7,9-10H2,(H,15,16)/t11-/m0/s1. The number of pyridine rings is 1. The molecule has 2 rings (SSSR count). The minimum atomic E-state index is -0.0993. The predicted molar refractivity (Wildman–Crippen MR) is 66.3 cm³/mol. The van der Waals surface area contributed by atoms with Gasteiger partial charge in [0.1, 0.15) is 5.75 Å². The number of hydrogen-bond acceptors (Lipinski definition) is 4. The smallest absolute Gasteiger partial charge is 0.257 e. The highest BCUT2D eigenvalue weighted by Crippen LogP contribution is 2.15. The van der Waals surface area contributed by atoms with Crippen LogP contribution in [0.2, 0.25) is 0 Å². The summed E-state index contributed by atoms with van der Waals surface area (Å²) in [5, 5.41) is 2.84. The molecule has 0 aliphatic carbocycles. The molecule has 5 nitrogen and oxygen atoms in total. The van der Waals surface area contributed by atoms with Crippen molar-refractivity contribution < 1.29 is 14.3 Å². The quantitative estimate of drug-likeness (QED) is 0.818. The number of ether oxygens (including phenoxy) is 2. The van der Waals surface area contributed by atoms with Gasteiger partial charge >= 0.3 is 0 Å². The van der Waals surface area contributed by atoms with Crippen LogP contribution in [0.3, 0.4) is 0 Å². The lowest BCUT2D eigenvalue weighted by Crippen LogP contribution is -2.30. The van der Waals surface area contributed by atoms with Crippen LogP contribution >= 0.6 is 0 Å². The van der Waals surface area contributed by atoms with Crippen LogP contribution in [0, 0.1) is 5.92 Å². The molecule has 0 aromatic carbocycles. The Hall–Kier alpha value is -1.62. The van der Waals surface area contributed by atoms with E-state index in [9.17, 15) is 4.79 Å². The monoisotopic (exact) mass is 250 g/mol. The van der Waals surface area contributed by atoms with Gasteiger partial charge < -0.3 is 14.8 Å². The highest BCUT2D eigenvalue weighted by Gasteiger charge is 2.15. The highest BCUT2D eigenvalue weighted by molar-refractivity contribution is 5.77. The second-order valence-corrected chi connectivity index (χ2v) is 4.35. The van der Waals surface area contributed by atoms with Crippen molar-refractivity contribution >= 4 is 5.91 Å². The predicted octanol–water partition coefficient (Wildman–Crippen LogP) is 1.00. The zero-order valence-electron chi connectivity index (χ0n) is 10.3. The Morgan fingerprint density at radius 3 is 3.28 bits per heavy atom. The first-order valence-corrected chi connectivity index (χ1v) is 6.22. The molecule has 1 fully saturated rings. The molecular weight excluding hydrogens is 232 g/mol. The third-order valence-electron chi connectivity index (χ3n) is 2.90. The Morgan fingerprint density at radius 1 is 1.61 bits per heavy atom. The third kappa shape index (κ3) is 4.33. The topological polar surface area (TPSA) is 60.5 Å². The largest absolute Gasteiger partial charge is 0.482 e. The van der Waals surface area contributed by atoms with Crippen LogP contribution in [0.15, 0.2) is 24.5 Å². The second-order valence-electron chi connectivity index (χ2n) is 4.35. The number of nitrogens with zero attached hydrogens (tertiary/aromatic N) is 1. The van der Waals surface area contributed by atoms with E-state index in [1.165, 1.54) is 0 Å². The van der Waals surface area contributed by atoms with Gasteiger partial charge in [0.05, 0.1) is 6.20 Å². The molecule has 1 amide bonds. The number of carbonyl (C=O) groups is 1. The summed E-state index contributed by atoms with van der Waals surface area (Å²) in [5.41, 5.74) is 0. The Kier molecular flexibility index (Phi) is 4.96. The van der Waals surface area contributed by atoms with E-state index in [1.807, 2.05) is 0 Å². The van der Waals surface area contributed by atoms with Crippen LogP contribution in [0.1, 0.15) is 12.8 Å². The van der Waals surface area contributed by atoms with Gasteiger partial charge in [-0.25, -0.2) is 0 Å². The summed E-state index contributed by atoms with van der Waals surface area (Å²) >= 11 is 0. The highest BCUT2D eigenvalue weighted by atomic mass is 16.5. The minimum Gasteiger partial charge on any atom is -0.482 e. The Labute approximate surface area is 107 Å². The molecule has 1 aliphatic rings. The zero-order chi connectivity index (χ0) is 12.6. The molecule has 0 saturated carbocycles. The number of carbonyl (C=O) groups excluding carboxylic acids is 1. The summed E-state index contributed by atoms with van der Waals surface area (Å²) in [6.45, 7) is 2.39. The van der Waals surface area contributed by atoms with Crippen molar-refractivity contribution in [2.24, 2.45) is 5.92 Å². The summed E-state index contributed by atoms with van der Waals surface area (Å²) < 4.78 is 10.6. The number of nitrogens with one attached hydrogen (secondary N) is 1. The Morgan fingerprint density at radius 2 is 2.56 bits per heavy atom. The van der Waals surface area contributed by atoms with Crippen LogP contribution in [-0.2, 0) is 9.53 Å². The number of aromatic nitrogens is 1. The summed E-state index contributed by atoms with van der Waals surface area (Å²) in [7, 11) is 0. The van der Waals surface area contributed by atoms with Gasteiger partial charge in [0.2, 0.25) is 0 Å². The molecule has 0 radical (unpaired) electrons. The lowest BCUT2D eigenvalue weighted by Gasteiger charge is -2.09. The fraction of sp³-hybridized carbons (Fsp3) is 0.538. The fourth-order valence-corrected chi connectivity index (χ4v) is 1.86. The van der Waals surface area contributed by atoms with Gasteiger partial charge in [0, 0.05) is 26.0 Å². The summed E-state index contributed by atoms with van der Waals surface area (Å²) in [4.78, 5) is 15.4. The van der Waals surface area contributed by atoms with E-state index in [0.717, 1.165) is 26.1 Å². The molecule has 0 spiro atoms. The normalized spacial score (nSPS) is 18.6. The minimum absolute atomic E-state index is 0.0346. The summed E-state index contributed by atoms with van der Waals surface area (Å²) in [6.07, 6.45) is 5.32. The molecule has 1 aliphatic heterocycles. The van der Waals surface area contributed by atoms with Gasteiger partial charge in [-0.1, -0.05) is 0 Å². The van der Waals surface area contributed by atoms with E-state index in [2.05, 4.69) is 10.3 Å². The molecule has 1 saturated heterocycles. The van der Waals surface area contributed by atoms with Crippen LogP contribution < -0.4 is 10.1 Å². The molecule has 5 heteroatoms. The molecule has 1 atom stereocenters. The van der Waals surface area contributed by atoms with E-state index in [1.54, 1.807) is 24.5 Å².